The van der Waals surface area contributed by atoms with Gasteiger partial charge >= 0.3 is 6.03 Å². The van der Waals surface area contributed by atoms with Gasteiger partial charge in [-0.25, -0.2) is 4.79 Å². The predicted molar refractivity (Wildman–Crippen MR) is 225 cm³/mol. The lowest BCUT2D eigenvalue weighted by Crippen LogP contribution is -2.32. The second kappa shape index (κ2) is 16.8. The van der Waals surface area contributed by atoms with Gasteiger partial charge in [0.1, 0.15) is 21.3 Å². The Kier molecular flexibility index (Phi) is 12.1. The van der Waals surface area contributed by atoms with Crippen molar-refractivity contribution in [1.82, 2.24) is 10.9 Å². The Morgan fingerprint density at radius 1 is 0.516 bits per heavy atom. The van der Waals surface area contributed by atoms with E-state index in [1.165, 1.54) is 12.2 Å². The summed E-state index contributed by atoms with van der Waals surface area (Å²) in [4.78, 5) is 35.9. The van der Waals surface area contributed by atoms with Gasteiger partial charge in [-0.1, -0.05) is 12.2 Å². The third-order valence-corrected chi connectivity index (χ3v) is 12.5. The summed E-state index contributed by atoms with van der Waals surface area (Å²) in [7, 11) is -17.7. The predicted octanol–water partition coefficient (Wildman–Crippen LogP) is 1.92. The van der Waals surface area contributed by atoms with Crippen LogP contribution in [0.15, 0.2) is 126 Å². The molecule has 12 N–H and O–H groups in total. The third-order valence-electron chi connectivity index (χ3n) is 9.01. The molecule has 0 saturated heterocycles. The lowest BCUT2D eigenvalue weighted by Gasteiger charge is -2.24. The number of fused-ring (bicyclic) bond motifs is 2. The Balaban J connectivity index is 1.27. The summed E-state index contributed by atoms with van der Waals surface area (Å²) in [5.74, 6) is -2.47. The normalized spacial score (nSPS) is 16.5. The summed E-state index contributed by atoms with van der Waals surface area (Å²) in [6.45, 7) is 0. The van der Waals surface area contributed by atoms with Crippen molar-refractivity contribution in [1.29, 1.82) is 10.8 Å². The first-order valence-corrected chi connectivity index (χ1v) is 22.9. The van der Waals surface area contributed by atoms with E-state index in [0.29, 0.717) is 12.2 Å². The Hall–Kier alpha value is -7.25. The smallest absolute Gasteiger partial charge is 0.323 e. The number of allylic oxidation sites excluding steroid dienone is 12. The minimum atomic E-state index is -5.17. The van der Waals surface area contributed by atoms with Crippen LogP contribution in [0.25, 0.3) is 0 Å². The van der Waals surface area contributed by atoms with E-state index in [4.69, 9.17) is 20.3 Å². The SMILES string of the molecule is COc1cc(NNC2=C3C(=O)C=C(S(=O)(=O)O)C=C3C=CC2=N)c(S(=O)(=O)O)cc1NC(=O)Nc1cc(S(=O)(=O)O)c(NNC2=C3C(=O)C=C(S(=O)(=O)O)C=C3C=CC2=N)cc1OC. The number of carbonyl (C=O) groups excluding carboxylic acids is 3. The van der Waals surface area contributed by atoms with E-state index in [2.05, 4.69) is 32.3 Å². The Bertz CT molecular complexity index is 3050. The maximum Gasteiger partial charge on any atom is 0.323 e. The van der Waals surface area contributed by atoms with Crippen LogP contribution in [-0.2, 0) is 50.1 Å². The number of anilines is 4. The molecular weight excluding hydrogens is 933 g/mol. The summed E-state index contributed by atoms with van der Waals surface area (Å²) in [5, 5.41) is 21.1. The quantitative estimate of drug-likeness (QED) is 0.0950. The summed E-state index contributed by atoms with van der Waals surface area (Å²) in [6, 6.07) is 2.15. The molecule has 0 atom stereocenters. The van der Waals surface area contributed by atoms with Crippen molar-refractivity contribution >= 4 is 92.2 Å². The molecule has 336 valence electrons. The van der Waals surface area contributed by atoms with Crippen molar-refractivity contribution in [2.45, 2.75) is 9.79 Å². The van der Waals surface area contributed by atoms with Gasteiger partial charge in [0.15, 0.2) is 11.6 Å². The summed E-state index contributed by atoms with van der Waals surface area (Å²) in [6.07, 6.45) is 7.88. The zero-order valence-corrected chi connectivity index (χ0v) is 35.4. The molecule has 25 nitrogen and oxygen atoms in total. The number of rotatable bonds is 14. The average molecular weight is 963 g/mol. The lowest BCUT2D eigenvalue weighted by molar-refractivity contribution is -0.112. The molecule has 29 heteroatoms. The molecular formula is C35H30N8O17S4. The fraction of sp³-hybridized carbons (Fsp3) is 0.0571. The van der Waals surface area contributed by atoms with Crippen molar-refractivity contribution in [2.24, 2.45) is 0 Å². The minimum absolute atomic E-state index is 0.0368. The van der Waals surface area contributed by atoms with Crippen LogP contribution in [0.3, 0.4) is 0 Å². The Morgan fingerprint density at radius 3 is 1.19 bits per heavy atom. The van der Waals surface area contributed by atoms with Crippen LogP contribution in [0.1, 0.15) is 0 Å². The van der Waals surface area contributed by atoms with E-state index >= 15 is 0 Å². The van der Waals surface area contributed by atoms with E-state index in [1.54, 1.807) is 0 Å². The summed E-state index contributed by atoms with van der Waals surface area (Å²) >= 11 is 0. The van der Waals surface area contributed by atoms with E-state index in [1.807, 2.05) is 0 Å². The third kappa shape index (κ3) is 9.54. The van der Waals surface area contributed by atoms with E-state index in [-0.39, 0.29) is 56.6 Å². The number of ketones is 2. The van der Waals surface area contributed by atoms with Crippen molar-refractivity contribution in [3.63, 3.8) is 0 Å². The first-order valence-electron chi connectivity index (χ1n) is 17.2. The van der Waals surface area contributed by atoms with Crippen LogP contribution in [0, 0.1) is 10.8 Å². The number of hydrazine groups is 2. The highest BCUT2D eigenvalue weighted by molar-refractivity contribution is 7.90. The Morgan fingerprint density at radius 2 is 0.875 bits per heavy atom. The monoisotopic (exact) mass is 962 g/mol. The number of methoxy groups -OCH3 is 2. The fourth-order valence-electron chi connectivity index (χ4n) is 6.17. The number of carbonyl (C=O) groups is 3. The maximum atomic E-state index is 13.4. The van der Waals surface area contributed by atoms with Gasteiger partial charge in [0.05, 0.1) is 80.7 Å². The molecule has 2 amide bonds. The van der Waals surface area contributed by atoms with Gasteiger partial charge < -0.3 is 20.1 Å². The van der Waals surface area contributed by atoms with Gasteiger partial charge in [0.2, 0.25) is 0 Å². The molecule has 0 saturated carbocycles. The lowest BCUT2D eigenvalue weighted by atomic mass is 9.89. The van der Waals surface area contributed by atoms with Gasteiger partial charge in [-0.2, -0.15) is 33.7 Å². The van der Waals surface area contributed by atoms with E-state index in [9.17, 15) is 66.3 Å². The standard InChI is InChI=1S/C35H30N8O17S4/c1-59-27-11-23(40-42-33-19(36)5-3-15-7-17(61(47,48)49)9-25(44)31(15)33)29(63(53,54)55)13-21(27)38-35(46)39-22-14-30(64(56,57)58)24(12-28(22)60-2)41-43-34-20(37)6-4-16-8-18(62(50,51)52)10-26(45)32(16)34/h3-14,36-37,40-43H,1-2H3,(H2,38,39,46)(H,47,48,49)(H,50,51,52)(H,53,54,55)(H,56,57,58). The first-order chi connectivity index (χ1) is 29.7. The van der Waals surface area contributed by atoms with Crippen molar-refractivity contribution in [3.8, 4) is 11.5 Å². The molecule has 64 heavy (non-hydrogen) atoms. The molecule has 0 unspecified atom stereocenters. The second-order valence-corrected chi connectivity index (χ2v) is 18.7. The van der Waals surface area contributed by atoms with Crippen molar-refractivity contribution in [2.75, 3.05) is 35.7 Å². The topological polar surface area (TPSA) is 407 Å². The molecule has 0 heterocycles. The number of nitrogens with one attached hydrogen (secondary N) is 8. The zero-order valence-electron chi connectivity index (χ0n) is 32.2. The van der Waals surface area contributed by atoms with Crippen LogP contribution >= 0.6 is 0 Å². The number of ether oxygens (including phenoxy) is 2. The summed E-state index contributed by atoms with van der Waals surface area (Å²) < 4.78 is 147. The molecule has 4 aliphatic rings. The van der Waals surface area contributed by atoms with Gasteiger partial charge in [-0.05, 0) is 47.6 Å². The minimum Gasteiger partial charge on any atom is -0.494 e. The molecule has 0 aromatic heterocycles. The highest BCUT2D eigenvalue weighted by Crippen LogP contribution is 2.38. The highest BCUT2D eigenvalue weighted by Gasteiger charge is 2.32. The number of urea groups is 1. The summed E-state index contributed by atoms with van der Waals surface area (Å²) in [5.41, 5.74) is 6.17. The molecule has 2 aromatic carbocycles. The molecule has 4 aliphatic carbocycles. The van der Waals surface area contributed by atoms with Crippen LogP contribution in [0.2, 0.25) is 0 Å². The van der Waals surface area contributed by atoms with Gasteiger partial charge in [0, 0.05) is 24.3 Å². The zero-order chi connectivity index (χ0) is 47.3. The second-order valence-electron chi connectivity index (χ2n) is 13.1. The molecule has 0 bridgehead atoms. The molecule has 0 fully saturated rings. The van der Waals surface area contributed by atoms with Crippen LogP contribution in [0.4, 0.5) is 27.5 Å². The molecule has 0 radical (unpaired) electrons. The number of hydrogen-bond donors (Lipinski definition) is 12. The Labute approximate surface area is 361 Å². The molecule has 6 rings (SSSR count). The van der Waals surface area contributed by atoms with Crippen LogP contribution in [0.5, 0.6) is 11.5 Å². The van der Waals surface area contributed by atoms with Crippen molar-refractivity contribution < 1.29 is 75.7 Å². The van der Waals surface area contributed by atoms with Gasteiger partial charge in [-0.15, -0.1) is 0 Å². The van der Waals surface area contributed by atoms with Gasteiger partial charge in [0.25, 0.3) is 40.5 Å². The average Bonchev–Trinajstić information content (AvgIpc) is 3.18. The highest BCUT2D eigenvalue weighted by atomic mass is 32.2. The molecule has 2 aromatic rings. The number of amides is 2. The molecule has 0 spiro atoms. The number of benzene rings is 2. The number of hydrogen-bond acceptors (Lipinski definition) is 19. The largest absolute Gasteiger partial charge is 0.494 e. The van der Waals surface area contributed by atoms with Crippen molar-refractivity contribution in [3.05, 3.63) is 116 Å². The molecule has 0 aliphatic heterocycles. The van der Waals surface area contributed by atoms with E-state index in [0.717, 1.165) is 62.8 Å². The van der Waals surface area contributed by atoms with Crippen LogP contribution in [-0.4, -0.2) is 95.1 Å². The van der Waals surface area contributed by atoms with Gasteiger partial charge in [-0.3, -0.25) is 60.3 Å². The first kappa shape index (κ1) is 46.3. The van der Waals surface area contributed by atoms with E-state index < -0.39 is 100 Å². The maximum absolute atomic E-state index is 13.4. The van der Waals surface area contributed by atoms with Crippen LogP contribution < -0.4 is 41.8 Å². The fourth-order valence-corrected chi connectivity index (χ4v) is 8.54.